The monoisotopic (exact) mass is 453 g/mol. The van der Waals surface area contributed by atoms with Crippen molar-refractivity contribution in [2.75, 3.05) is 33.4 Å². The van der Waals surface area contributed by atoms with E-state index < -0.39 is 0 Å². The number of benzene rings is 1. The zero-order valence-corrected chi connectivity index (χ0v) is 19.0. The van der Waals surface area contributed by atoms with Crippen molar-refractivity contribution in [2.24, 2.45) is 0 Å². The lowest BCUT2D eigenvalue weighted by Crippen LogP contribution is -2.47. The fraction of sp³-hybridized carbons (Fsp3) is 0.727. The Bertz CT molecular complexity index is 713. The largest absolute Gasteiger partial charge is 0.493 e. The molecule has 3 aliphatic heterocycles. The highest BCUT2D eigenvalue weighted by Gasteiger charge is 2.37. The molecule has 6 heteroatoms. The summed E-state index contributed by atoms with van der Waals surface area (Å²) in [6.45, 7) is 9.90. The topological polar surface area (TPSA) is 40.2 Å². The van der Waals surface area contributed by atoms with Crippen molar-refractivity contribution in [2.45, 2.75) is 70.3 Å². The maximum Gasteiger partial charge on any atom is 0.175 e. The van der Waals surface area contributed by atoms with Gasteiger partial charge in [0.1, 0.15) is 6.61 Å². The van der Waals surface area contributed by atoms with Crippen LogP contribution < -0.4 is 9.47 Å². The Balaban J connectivity index is 1.54. The van der Waals surface area contributed by atoms with Crippen LogP contribution in [0.1, 0.15) is 57.2 Å². The van der Waals surface area contributed by atoms with Gasteiger partial charge in [0.2, 0.25) is 0 Å². The zero-order valence-electron chi connectivity index (χ0n) is 17.4. The van der Waals surface area contributed by atoms with E-state index in [2.05, 4.69) is 47.7 Å². The fourth-order valence-corrected chi connectivity index (χ4v) is 5.29. The average molecular weight is 454 g/mol. The Morgan fingerprint density at radius 3 is 2.68 bits per heavy atom. The lowest BCUT2D eigenvalue weighted by atomic mass is 9.85. The highest BCUT2D eigenvalue weighted by molar-refractivity contribution is 9.10. The number of piperidine rings is 1. The Kier molecular flexibility index (Phi) is 5.94. The predicted molar refractivity (Wildman–Crippen MR) is 112 cm³/mol. The minimum Gasteiger partial charge on any atom is -0.493 e. The van der Waals surface area contributed by atoms with Crippen molar-refractivity contribution in [1.29, 1.82) is 0 Å². The third-order valence-corrected chi connectivity index (χ3v) is 6.76. The van der Waals surface area contributed by atoms with Crippen molar-refractivity contribution in [1.82, 2.24) is 4.90 Å². The van der Waals surface area contributed by atoms with Gasteiger partial charge in [-0.1, -0.05) is 0 Å². The van der Waals surface area contributed by atoms with E-state index in [4.69, 9.17) is 18.9 Å². The van der Waals surface area contributed by atoms with Gasteiger partial charge in [-0.2, -0.15) is 0 Å². The molecule has 156 valence electrons. The van der Waals surface area contributed by atoms with Gasteiger partial charge in [-0.05, 0) is 73.2 Å². The molecule has 5 nitrogen and oxygen atoms in total. The third-order valence-electron chi connectivity index (χ3n) is 5.92. The molecule has 0 aromatic heterocycles. The number of methoxy groups -OCH3 is 1. The second-order valence-electron chi connectivity index (χ2n) is 9.07. The summed E-state index contributed by atoms with van der Waals surface area (Å²) < 4.78 is 24.6. The number of ether oxygens (including phenoxy) is 4. The summed E-state index contributed by atoms with van der Waals surface area (Å²) in [7, 11) is 1.72. The molecule has 28 heavy (non-hydrogen) atoms. The van der Waals surface area contributed by atoms with Crippen molar-refractivity contribution in [3.8, 4) is 11.5 Å². The van der Waals surface area contributed by atoms with Gasteiger partial charge in [0.15, 0.2) is 11.5 Å². The van der Waals surface area contributed by atoms with Gasteiger partial charge < -0.3 is 18.9 Å². The molecule has 1 aromatic rings. The number of fused-ring (bicyclic) bond motifs is 3. The van der Waals surface area contributed by atoms with Crippen molar-refractivity contribution in [3.05, 3.63) is 21.7 Å². The van der Waals surface area contributed by atoms with Crippen molar-refractivity contribution < 1.29 is 18.9 Å². The second kappa shape index (κ2) is 8.13. The van der Waals surface area contributed by atoms with E-state index in [0.717, 1.165) is 61.4 Å². The van der Waals surface area contributed by atoms with E-state index in [-0.39, 0.29) is 11.7 Å². The molecule has 0 radical (unpaired) electrons. The zero-order chi connectivity index (χ0) is 19.9. The predicted octanol–water partition coefficient (Wildman–Crippen LogP) is 4.50. The van der Waals surface area contributed by atoms with Gasteiger partial charge in [-0.3, -0.25) is 4.90 Å². The molecule has 0 bridgehead atoms. The van der Waals surface area contributed by atoms with Gasteiger partial charge in [-0.25, -0.2) is 0 Å². The first kappa shape index (κ1) is 20.5. The normalized spacial score (nSPS) is 27.5. The Hall–Kier alpha value is -0.820. The number of rotatable bonds is 5. The summed E-state index contributed by atoms with van der Waals surface area (Å²) in [5.74, 6) is 1.62. The van der Waals surface area contributed by atoms with E-state index in [9.17, 15) is 0 Å². The molecular formula is C22H32BrNO4. The Morgan fingerprint density at radius 2 is 2.04 bits per heavy atom. The third kappa shape index (κ3) is 4.20. The minimum absolute atomic E-state index is 0.0894. The maximum absolute atomic E-state index is 6.27. The van der Waals surface area contributed by atoms with E-state index >= 15 is 0 Å². The maximum atomic E-state index is 6.27. The van der Waals surface area contributed by atoms with Gasteiger partial charge in [-0.15, -0.1) is 0 Å². The standard InChI is InChI=1S/C22H32BrNO4/c1-22(2,3)28-14-5-6-18-17-11-19(25-4)21(27-13-15-8-10-26-15)20(23)16(17)7-9-24(18)12-14/h11,14-15,18H,5-10,12-13H2,1-4H3. The molecular weight excluding hydrogens is 422 g/mol. The number of halogens is 1. The van der Waals surface area contributed by atoms with Crippen LogP contribution in [0.5, 0.6) is 11.5 Å². The van der Waals surface area contributed by atoms with Crippen LogP contribution in [0.2, 0.25) is 0 Å². The molecule has 3 aliphatic rings. The summed E-state index contributed by atoms with van der Waals surface area (Å²) >= 11 is 3.83. The highest BCUT2D eigenvalue weighted by Crippen LogP contribution is 2.47. The summed E-state index contributed by atoms with van der Waals surface area (Å²) in [5.41, 5.74) is 2.64. The summed E-state index contributed by atoms with van der Waals surface area (Å²) in [6.07, 6.45) is 4.80. The molecule has 2 fully saturated rings. The van der Waals surface area contributed by atoms with Crippen LogP contribution >= 0.6 is 15.9 Å². The van der Waals surface area contributed by atoms with Crippen LogP contribution in [-0.2, 0) is 15.9 Å². The highest BCUT2D eigenvalue weighted by atomic mass is 79.9. The second-order valence-corrected chi connectivity index (χ2v) is 9.87. The van der Waals surface area contributed by atoms with Crippen LogP contribution in [0.3, 0.4) is 0 Å². The quantitative estimate of drug-likeness (QED) is 0.655. The molecule has 0 spiro atoms. The van der Waals surface area contributed by atoms with E-state index in [1.54, 1.807) is 7.11 Å². The molecule has 3 atom stereocenters. The van der Waals surface area contributed by atoms with Crippen LogP contribution in [0.4, 0.5) is 0 Å². The first-order valence-electron chi connectivity index (χ1n) is 10.4. The molecule has 0 aliphatic carbocycles. The first-order valence-corrected chi connectivity index (χ1v) is 11.2. The van der Waals surface area contributed by atoms with Crippen LogP contribution in [-0.4, -0.2) is 56.1 Å². The van der Waals surface area contributed by atoms with Crippen molar-refractivity contribution >= 4 is 15.9 Å². The van der Waals surface area contributed by atoms with Crippen LogP contribution in [0.15, 0.2) is 10.5 Å². The average Bonchev–Trinajstić information content (AvgIpc) is 2.60. The van der Waals surface area contributed by atoms with Gasteiger partial charge in [0, 0.05) is 32.2 Å². The number of nitrogens with zero attached hydrogens (tertiary/aromatic N) is 1. The van der Waals surface area contributed by atoms with Crippen LogP contribution in [0.25, 0.3) is 0 Å². The van der Waals surface area contributed by atoms with Gasteiger partial charge in [0.05, 0.1) is 29.4 Å². The van der Waals surface area contributed by atoms with E-state index in [1.807, 2.05) is 0 Å². The minimum atomic E-state index is -0.0894. The Morgan fingerprint density at radius 1 is 1.25 bits per heavy atom. The number of hydrogen-bond donors (Lipinski definition) is 0. The smallest absolute Gasteiger partial charge is 0.175 e. The van der Waals surface area contributed by atoms with Crippen LogP contribution in [0, 0.1) is 0 Å². The summed E-state index contributed by atoms with van der Waals surface area (Å²) in [6, 6.07) is 2.62. The summed E-state index contributed by atoms with van der Waals surface area (Å²) in [4.78, 5) is 2.58. The molecule has 3 unspecified atom stereocenters. The SMILES string of the molecule is COc1cc2c(c(Br)c1OCC1CCO1)CCN1CC(OC(C)(C)C)CCC21. The summed E-state index contributed by atoms with van der Waals surface area (Å²) in [5, 5.41) is 0. The molecule has 2 saturated heterocycles. The molecule has 0 saturated carbocycles. The van der Waals surface area contributed by atoms with Crippen molar-refractivity contribution in [3.63, 3.8) is 0 Å². The molecule has 0 amide bonds. The van der Waals surface area contributed by atoms with Gasteiger partial charge >= 0.3 is 0 Å². The molecule has 0 N–H and O–H groups in total. The lowest BCUT2D eigenvalue weighted by molar-refractivity contribution is -0.0972. The van der Waals surface area contributed by atoms with E-state index in [0.29, 0.717) is 18.8 Å². The Labute approximate surface area is 176 Å². The molecule has 3 heterocycles. The molecule has 4 rings (SSSR count). The molecule has 1 aromatic carbocycles. The fourth-order valence-electron chi connectivity index (χ4n) is 4.55. The lowest BCUT2D eigenvalue weighted by Gasteiger charge is -2.45. The van der Waals surface area contributed by atoms with E-state index in [1.165, 1.54) is 11.1 Å². The number of hydrogen-bond acceptors (Lipinski definition) is 5. The van der Waals surface area contributed by atoms with Gasteiger partial charge in [0.25, 0.3) is 0 Å². The first-order chi connectivity index (χ1) is 13.4.